The second-order valence-electron chi connectivity index (χ2n) is 4.21. The maximum Gasteiger partial charge on any atom is -0.0164 e. The van der Waals surface area contributed by atoms with Crippen molar-refractivity contribution in [3.63, 3.8) is 0 Å². The molecule has 0 aromatic heterocycles. The summed E-state index contributed by atoms with van der Waals surface area (Å²) in [4.78, 5) is 0. The second kappa shape index (κ2) is 5.95. The predicted molar refractivity (Wildman–Crippen MR) is 68.5 cm³/mol. The summed E-state index contributed by atoms with van der Waals surface area (Å²) in [5, 5.41) is 0. The lowest BCUT2D eigenvalue weighted by Gasteiger charge is -2.19. The Labute approximate surface area is 94.7 Å². The number of aryl methyl sites for hydroxylation is 1. The lowest BCUT2D eigenvalue weighted by atomic mass is 9.86. The van der Waals surface area contributed by atoms with Crippen molar-refractivity contribution < 1.29 is 0 Å². The van der Waals surface area contributed by atoms with E-state index in [1.54, 1.807) is 16.7 Å². The van der Waals surface area contributed by atoms with Crippen molar-refractivity contribution >= 4 is 0 Å². The minimum atomic E-state index is 0.756. The Morgan fingerprint density at radius 3 is 2.07 bits per heavy atom. The van der Waals surface area contributed by atoms with Gasteiger partial charge in [0.2, 0.25) is 0 Å². The highest BCUT2D eigenvalue weighted by atomic mass is 14.2. The van der Waals surface area contributed by atoms with Crippen LogP contribution in [0.5, 0.6) is 0 Å². The molecule has 84 valence electrons. The van der Waals surface area contributed by atoms with Crippen LogP contribution >= 0.6 is 0 Å². The van der Waals surface area contributed by atoms with E-state index in [-0.39, 0.29) is 0 Å². The highest BCUT2D eigenvalue weighted by Gasteiger charge is 2.12. The molecule has 0 saturated heterocycles. The van der Waals surface area contributed by atoms with Gasteiger partial charge in [-0.2, -0.15) is 0 Å². The zero-order valence-corrected chi connectivity index (χ0v) is 10.6. The van der Waals surface area contributed by atoms with Gasteiger partial charge in [-0.15, -0.1) is 0 Å². The van der Waals surface area contributed by atoms with Gasteiger partial charge in [-0.25, -0.2) is 0 Å². The molecule has 0 N–H and O–H groups in total. The minimum absolute atomic E-state index is 0.756. The molecule has 0 nitrogen and oxygen atoms in total. The summed E-state index contributed by atoms with van der Waals surface area (Å²) in [6, 6.07) is 6.84. The summed E-state index contributed by atoms with van der Waals surface area (Å²) in [7, 11) is 0. The second-order valence-corrected chi connectivity index (χ2v) is 4.21. The van der Waals surface area contributed by atoms with Crippen LogP contribution in [0.3, 0.4) is 0 Å². The molecular formula is C15H24. The van der Waals surface area contributed by atoms with E-state index >= 15 is 0 Å². The van der Waals surface area contributed by atoms with E-state index in [0.29, 0.717) is 0 Å². The van der Waals surface area contributed by atoms with Crippen LogP contribution in [-0.2, 0) is 12.8 Å². The molecule has 0 aliphatic carbocycles. The molecule has 1 aromatic rings. The van der Waals surface area contributed by atoms with Crippen LogP contribution in [0.2, 0.25) is 0 Å². The van der Waals surface area contributed by atoms with Gasteiger partial charge in [-0.3, -0.25) is 0 Å². The highest BCUT2D eigenvalue weighted by Crippen LogP contribution is 2.28. The molecule has 0 unspecified atom stereocenters. The Morgan fingerprint density at radius 1 is 0.933 bits per heavy atom. The average molecular weight is 204 g/mol. The van der Waals surface area contributed by atoms with E-state index in [2.05, 4.69) is 45.9 Å². The maximum absolute atomic E-state index is 2.33. The van der Waals surface area contributed by atoms with Crippen molar-refractivity contribution in [1.29, 1.82) is 0 Å². The molecule has 1 rings (SSSR count). The summed E-state index contributed by atoms with van der Waals surface area (Å²) >= 11 is 0. The van der Waals surface area contributed by atoms with Crippen molar-refractivity contribution in [2.75, 3.05) is 0 Å². The molecule has 1 aromatic carbocycles. The third-order valence-corrected chi connectivity index (χ3v) is 3.47. The van der Waals surface area contributed by atoms with Crippen molar-refractivity contribution in [3.8, 4) is 0 Å². The molecule has 0 atom stereocenters. The van der Waals surface area contributed by atoms with Gasteiger partial charge in [0.05, 0.1) is 0 Å². The average Bonchev–Trinajstić information content (AvgIpc) is 2.30. The molecule has 15 heavy (non-hydrogen) atoms. The van der Waals surface area contributed by atoms with Crippen LogP contribution in [0.25, 0.3) is 0 Å². The van der Waals surface area contributed by atoms with E-state index in [9.17, 15) is 0 Å². The lowest BCUT2D eigenvalue weighted by Crippen LogP contribution is -2.03. The van der Waals surface area contributed by atoms with E-state index in [4.69, 9.17) is 0 Å². The molecule has 0 heterocycles. The first-order valence-electron chi connectivity index (χ1n) is 6.38. The first kappa shape index (κ1) is 12.3. The van der Waals surface area contributed by atoms with Crippen molar-refractivity contribution in [2.24, 2.45) is 0 Å². The van der Waals surface area contributed by atoms with Gasteiger partial charge in [0.15, 0.2) is 0 Å². The molecule has 0 heteroatoms. The largest absolute Gasteiger partial charge is 0.0648 e. The van der Waals surface area contributed by atoms with Crippen LogP contribution in [0.1, 0.15) is 63.1 Å². The Hall–Kier alpha value is -0.780. The van der Waals surface area contributed by atoms with Crippen LogP contribution in [0, 0.1) is 0 Å². The molecule has 0 saturated carbocycles. The third kappa shape index (κ3) is 2.62. The van der Waals surface area contributed by atoms with Crippen molar-refractivity contribution in [1.82, 2.24) is 0 Å². The fourth-order valence-corrected chi connectivity index (χ4v) is 2.53. The molecule has 0 aliphatic rings. The molecule has 0 radical (unpaired) electrons. The number of rotatable bonds is 5. The molecule has 0 fully saturated rings. The zero-order valence-electron chi connectivity index (χ0n) is 10.6. The predicted octanol–water partition coefficient (Wildman–Crippen LogP) is 4.72. The molecule has 0 spiro atoms. The van der Waals surface area contributed by atoms with Gasteiger partial charge in [-0.05, 0) is 48.3 Å². The zero-order chi connectivity index (χ0) is 11.3. The Balaban J connectivity index is 3.15. The maximum atomic E-state index is 2.33. The van der Waals surface area contributed by atoms with E-state index in [1.807, 2.05) is 0 Å². The Bertz CT molecular complexity index is 295. The third-order valence-electron chi connectivity index (χ3n) is 3.47. The van der Waals surface area contributed by atoms with E-state index in [0.717, 1.165) is 12.3 Å². The number of hydrogen-bond acceptors (Lipinski definition) is 0. The summed E-state index contributed by atoms with van der Waals surface area (Å²) in [6.45, 7) is 9.13. The summed E-state index contributed by atoms with van der Waals surface area (Å²) < 4.78 is 0. The number of hydrogen-bond donors (Lipinski definition) is 0. The van der Waals surface area contributed by atoms with Crippen LogP contribution in [0.4, 0.5) is 0 Å². The fraction of sp³-hybridized carbons (Fsp3) is 0.600. The summed E-state index contributed by atoms with van der Waals surface area (Å²) in [5.74, 6) is 0.756. The minimum Gasteiger partial charge on any atom is -0.0648 e. The summed E-state index contributed by atoms with van der Waals surface area (Å²) in [6.07, 6.45) is 4.86. The molecular weight excluding hydrogens is 180 g/mol. The topological polar surface area (TPSA) is 0 Å². The Kier molecular flexibility index (Phi) is 4.87. The van der Waals surface area contributed by atoms with Crippen molar-refractivity contribution in [3.05, 3.63) is 34.9 Å². The standard InChI is InChI=1S/C15H24/c1-5-12(6-2)15-11-9-10-13(7-3)14(15)8-4/h9-12H,5-8H2,1-4H3. The molecule has 0 amide bonds. The van der Waals surface area contributed by atoms with Crippen molar-refractivity contribution in [2.45, 2.75) is 59.3 Å². The van der Waals surface area contributed by atoms with Gasteiger partial charge in [0.25, 0.3) is 0 Å². The van der Waals surface area contributed by atoms with Gasteiger partial charge in [0, 0.05) is 0 Å². The fourth-order valence-electron chi connectivity index (χ4n) is 2.53. The normalized spacial score (nSPS) is 11.0. The van der Waals surface area contributed by atoms with E-state index < -0.39 is 0 Å². The quantitative estimate of drug-likeness (QED) is 0.651. The summed E-state index contributed by atoms with van der Waals surface area (Å²) in [5.41, 5.74) is 4.75. The molecule has 0 aliphatic heterocycles. The van der Waals surface area contributed by atoms with Gasteiger partial charge in [0.1, 0.15) is 0 Å². The SMILES string of the molecule is CCc1cccc(C(CC)CC)c1CC. The van der Waals surface area contributed by atoms with Gasteiger partial charge >= 0.3 is 0 Å². The Morgan fingerprint density at radius 2 is 1.60 bits per heavy atom. The van der Waals surface area contributed by atoms with Gasteiger partial charge < -0.3 is 0 Å². The van der Waals surface area contributed by atoms with Crippen LogP contribution in [-0.4, -0.2) is 0 Å². The van der Waals surface area contributed by atoms with E-state index in [1.165, 1.54) is 19.3 Å². The van der Waals surface area contributed by atoms with Crippen LogP contribution in [0.15, 0.2) is 18.2 Å². The smallest absolute Gasteiger partial charge is 0.0164 e. The number of benzene rings is 1. The lowest BCUT2D eigenvalue weighted by molar-refractivity contribution is 0.634. The highest BCUT2D eigenvalue weighted by molar-refractivity contribution is 5.37. The molecule has 0 bridgehead atoms. The first-order valence-corrected chi connectivity index (χ1v) is 6.38. The van der Waals surface area contributed by atoms with Crippen LogP contribution < -0.4 is 0 Å². The monoisotopic (exact) mass is 204 g/mol. The van der Waals surface area contributed by atoms with Gasteiger partial charge in [-0.1, -0.05) is 45.9 Å². The first-order chi connectivity index (χ1) is 7.28.